The first-order chi connectivity index (χ1) is 9.29. The zero-order valence-electron chi connectivity index (χ0n) is 10.9. The van der Waals surface area contributed by atoms with Gasteiger partial charge in [0.1, 0.15) is 6.26 Å². The molecule has 0 aliphatic carbocycles. The summed E-state index contributed by atoms with van der Waals surface area (Å²) in [5, 5.41) is 0. The Bertz CT molecular complexity index is 548. The predicted molar refractivity (Wildman–Crippen MR) is 75.6 cm³/mol. The SMILES string of the molecule is CCC(C)C1OC(c2cncs2)=CN1c1ccoc1. The Hall–Kier alpha value is -1.75. The molecule has 0 bridgehead atoms. The van der Waals surface area contributed by atoms with E-state index in [0.717, 1.165) is 22.7 Å². The van der Waals surface area contributed by atoms with Crippen molar-refractivity contribution in [3.63, 3.8) is 0 Å². The summed E-state index contributed by atoms with van der Waals surface area (Å²) in [6.45, 7) is 4.37. The van der Waals surface area contributed by atoms with Crippen molar-refractivity contribution in [1.29, 1.82) is 0 Å². The second-order valence-electron chi connectivity index (χ2n) is 4.64. The maximum absolute atomic E-state index is 6.11. The van der Waals surface area contributed by atoms with Crippen LogP contribution in [0.5, 0.6) is 0 Å². The molecule has 0 saturated carbocycles. The van der Waals surface area contributed by atoms with E-state index >= 15 is 0 Å². The van der Waals surface area contributed by atoms with Crippen molar-refractivity contribution in [2.45, 2.75) is 26.5 Å². The summed E-state index contributed by atoms with van der Waals surface area (Å²) in [6, 6.07) is 1.95. The van der Waals surface area contributed by atoms with Crippen molar-refractivity contribution in [1.82, 2.24) is 4.98 Å². The van der Waals surface area contributed by atoms with E-state index in [0.29, 0.717) is 5.92 Å². The molecular formula is C14H16N2O2S. The monoisotopic (exact) mass is 276 g/mol. The average Bonchev–Trinajstić information content (AvgIpc) is 3.14. The fraction of sp³-hybridized carbons (Fsp3) is 0.357. The molecule has 2 aromatic heterocycles. The third kappa shape index (κ3) is 2.26. The van der Waals surface area contributed by atoms with Crippen LogP contribution >= 0.6 is 11.3 Å². The van der Waals surface area contributed by atoms with Crippen LogP contribution in [0.25, 0.3) is 5.76 Å². The summed E-state index contributed by atoms with van der Waals surface area (Å²) in [4.78, 5) is 7.29. The molecule has 0 spiro atoms. The van der Waals surface area contributed by atoms with Crippen molar-refractivity contribution >= 4 is 22.8 Å². The van der Waals surface area contributed by atoms with Crippen LogP contribution in [-0.2, 0) is 4.74 Å². The molecule has 2 unspecified atom stereocenters. The van der Waals surface area contributed by atoms with Crippen molar-refractivity contribution in [2.75, 3.05) is 4.90 Å². The Morgan fingerprint density at radius 2 is 2.42 bits per heavy atom. The zero-order valence-corrected chi connectivity index (χ0v) is 11.8. The van der Waals surface area contributed by atoms with Crippen molar-refractivity contribution in [2.24, 2.45) is 5.92 Å². The third-order valence-electron chi connectivity index (χ3n) is 3.39. The fourth-order valence-electron chi connectivity index (χ4n) is 2.09. The van der Waals surface area contributed by atoms with Gasteiger partial charge in [-0.25, -0.2) is 0 Å². The minimum Gasteiger partial charge on any atom is -0.470 e. The minimum atomic E-state index is 0.0136. The molecule has 1 aliphatic heterocycles. The van der Waals surface area contributed by atoms with Gasteiger partial charge in [0.25, 0.3) is 0 Å². The molecule has 5 heteroatoms. The summed E-state index contributed by atoms with van der Waals surface area (Å²) < 4.78 is 11.3. The molecule has 0 aromatic carbocycles. The molecule has 2 atom stereocenters. The van der Waals surface area contributed by atoms with Gasteiger partial charge in [-0.05, 0) is 6.42 Å². The second-order valence-corrected chi connectivity index (χ2v) is 5.53. The lowest BCUT2D eigenvalue weighted by atomic mass is 10.1. The van der Waals surface area contributed by atoms with Crippen LogP contribution < -0.4 is 4.90 Å². The van der Waals surface area contributed by atoms with Gasteiger partial charge in [-0.2, -0.15) is 0 Å². The predicted octanol–water partition coefficient (Wildman–Crippen LogP) is 3.94. The van der Waals surface area contributed by atoms with E-state index < -0.39 is 0 Å². The van der Waals surface area contributed by atoms with E-state index in [1.165, 1.54) is 0 Å². The van der Waals surface area contributed by atoms with Crippen LogP contribution in [0.3, 0.4) is 0 Å². The maximum Gasteiger partial charge on any atom is 0.179 e. The highest BCUT2D eigenvalue weighted by molar-refractivity contribution is 7.10. The Labute approximate surface area is 116 Å². The van der Waals surface area contributed by atoms with Gasteiger partial charge in [0.05, 0.1) is 28.5 Å². The zero-order chi connectivity index (χ0) is 13.2. The summed E-state index contributed by atoms with van der Waals surface area (Å²) in [7, 11) is 0. The largest absolute Gasteiger partial charge is 0.470 e. The molecule has 100 valence electrons. The standard InChI is InChI=1S/C14H16N2O2S/c1-3-10(2)14-16(11-4-5-17-8-11)7-12(18-14)13-6-15-9-19-13/h4-10,14H,3H2,1-2H3. The highest BCUT2D eigenvalue weighted by Gasteiger charge is 2.32. The molecule has 1 aliphatic rings. The molecule has 3 heterocycles. The number of furan rings is 1. The first kappa shape index (κ1) is 12.3. The highest BCUT2D eigenvalue weighted by atomic mass is 32.1. The van der Waals surface area contributed by atoms with Crippen molar-refractivity contribution in [3.8, 4) is 0 Å². The van der Waals surface area contributed by atoms with E-state index in [9.17, 15) is 0 Å². The number of anilines is 1. The summed E-state index contributed by atoms with van der Waals surface area (Å²) in [6.07, 6.45) is 8.37. The van der Waals surface area contributed by atoms with Gasteiger partial charge in [0.2, 0.25) is 0 Å². The fourth-order valence-corrected chi connectivity index (χ4v) is 2.67. The Balaban J connectivity index is 1.92. The van der Waals surface area contributed by atoms with Crippen LogP contribution in [0.1, 0.15) is 25.1 Å². The highest BCUT2D eigenvalue weighted by Crippen LogP contribution is 2.36. The molecule has 0 fully saturated rings. The molecule has 0 radical (unpaired) electrons. The van der Waals surface area contributed by atoms with E-state index in [1.807, 2.05) is 24.0 Å². The van der Waals surface area contributed by atoms with Gasteiger partial charge in [-0.15, -0.1) is 11.3 Å². The van der Waals surface area contributed by atoms with Crippen LogP contribution in [0.15, 0.2) is 40.9 Å². The molecule has 0 saturated heterocycles. The lowest BCUT2D eigenvalue weighted by Crippen LogP contribution is -2.33. The second kappa shape index (κ2) is 5.09. The van der Waals surface area contributed by atoms with Gasteiger partial charge in [0.15, 0.2) is 12.0 Å². The summed E-state index contributed by atoms with van der Waals surface area (Å²) in [5.74, 6) is 1.31. The van der Waals surface area contributed by atoms with Crippen LogP contribution in [0.2, 0.25) is 0 Å². The number of thiazole rings is 1. The van der Waals surface area contributed by atoms with Gasteiger partial charge >= 0.3 is 0 Å². The van der Waals surface area contributed by atoms with Crippen LogP contribution in [-0.4, -0.2) is 11.2 Å². The molecular weight excluding hydrogens is 260 g/mol. The molecule has 0 N–H and O–H groups in total. The molecule has 0 amide bonds. The van der Waals surface area contributed by atoms with Gasteiger partial charge in [-0.3, -0.25) is 4.98 Å². The lowest BCUT2D eigenvalue weighted by Gasteiger charge is -2.27. The molecule has 19 heavy (non-hydrogen) atoms. The quantitative estimate of drug-likeness (QED) is 0.847. The lowest BCUT2D eigenvalue weighted by molar-refractivity contribution is 0.133. The van der Waals surface area contributed by atoms with E-state index in [2.05, 4.69) is 23.7 Å². The van der Waals surface area contributed by atoms with Crippen LogP contribution in [0.4, 0.5) is 5.69 Å². The number of hydrogen-bond donors (Lipinski definition) is 0. The van der Waals surface area contributed by atoms with E-state index in [-0.39, 0.29) is 6.23 Å². The Morgan fingerprint density at radius 1 is 1.53 bits per heavy atom. The first-order valence-electron chi connectivity index (χ1n) is 6.37. The van der Waals surface area contributed by atoms with E-state index in [1.54, 1.807) is 23.9 Å². The van der Waals surface area contributed by atoms with Gasteiger partial charge in [0, 0.05) is 18.2 Å². The normalized spacial score (nSPS) is 20.2. The summed E-state index contributed by atoms with van der Waals surface area (Å²) >= 11 is 1.59. The number of rotatable bonds is 4. The number of hydrogen-bond acceptors (Lipinski definition) is 5. The van der Waals surface area contributed by atoms with Crippen molar-refractivity contribution in [3.05, 3.63) is 41.4 Å². The van der Waals surface area contributed by atoms with E-state index in [4.69, 9.17) is 9.15 Å². The topological polar surface area (TPSA) is 38.5 Å². The molecule has 2 aromatic rings. The first-order valence-corrected chi connectivity index (χ1v) is 7.25. The third-order valence-corrected chi connectivity index (χ3v) is 4.18. The Morgan fingerprint density at radius 3 is 3.05 bits per heavy atom. The average molecular weight is 276 g/mol. The van der Waals surface area contributed by atoms with Crippen molar-refractivity contribution < 1.29 is 9.15 Å². The maximum atomic E-state index is 6.11. The molecule has 3 rings (SSSR count). The van der Waals surface area contributed by atoms with Gasteiger partial charge in [-0.1, -0.05) is 13.8 Å². The van der Waals surface area contributed by atoms with Gasteiger partial charge < -0.3 is 14.1 Å². The minimum absolute atomic E-state index is 0.0136. The smallest absolute Gasteiger partial charge is 0.179 e. The number of nitrogens with zero attached hydrogens (tertiary/aromatic N) is 2. The number of ether oxygens (including phenoxy) is 1. The summed E-state index contributed by atoms with van der Waals surface area (Å²) in [5.41, 5.74) is 2.84. The van der Waals surface area contributed by atoms with Crippen LogP contribution in [0, 0.1) is 5.92 Å². The Kier molecular flexibility index (Phi) is 3.29. The number of aromatic nitrogens is 1. The molecule has 4 nitrogen and oxygen atoms in total.